The van der Waals surface area contributed by atoms with Gasteiger partial charge < -0.3 is 10.6 Å². The number of hydrogen-bond acceptors (Lipinski definition) is 4. The molecule has 0 aliphatic carbocycles. The van der Waals surface area contributed by atoms with Crippen molar-refractivity contribution in [3.63, 3.8) is 0 Å². The number of alkyl halides is 3. The largest absolute Gasteiger partial charge is 0.416 e. The van der Waals surface area contributed by atoms with Gasteiger partial charge in [0.1, 0.15) is 17.3 Å². The Balaban J connectivity index is 1.60. The van der Waals surface area contributed by atoms with Crippen LogP contribution in [-0.2, 0) is 12.7 Å². The summed E-state index contributed by atoms with van der Waals surface area (Å²) in [6.45, 7) is -0.00125. The maximum absolute atomic E-state index is 13.5. The van der Waals surface area contributed by atoms with Gasteiger partial charge in [-0.05, 0) is 30.3 Å². The molecule has 0 radical (unpaired) electrons. The van der Waals surface area contributed by atoms with E-state index >= 15 is 0 Å². The van der Waals surface area contributed by atoms with Gasteiger partial charge in [0, 0.05) is 17.8 Å². The van der Waals surface area contributed by atoms with Crippen molar-refractivity contribution < 1.29 is 22.4 Å². The molecule has 1 amide bonds. The number of nitrogens with one attached hydrogen (secondary N) is 2. The zero-order valence-corrected chi connectivity index (χ0v) is 14.3. The van der Waals surface area contributed by atoms with Gasteiger partial charge in [0.15, 0.2) is 0 Å². The maximum atomic E-state index is 13.5. The summed E-state index contributed by atoms with van der Waals surface area (Å²) < 4.78 is 51.2. The second-order valence-corrected chi connectivity index (χ2v) is 5.76. The Morgan fingerprint density at radius 1 is 0.964 bits per heavy atom. The number of hydrogen-bond donors (Lipinski definition) is 2. The van der Waals surface area contributed by atoms with Crippen molar-refractivity contribution in [3.05, 3.63) is 83.6 Å². The molecule has 0 atom stereocenters. The first-order valence-electron chi connectivity index (χ1n) is 8.11. The summed E-state index contributed by atoms with van der Waals surface area (Å²) in [6.07, 6.45) is -1.92. The lowest BCUT2D eigenvalue weighted by Crippen LogP contribution is -2.24. The first kappa shape index (κ1) is 19.3. The van der Waals surface area contributed by atoms with Crippen molar-refractivity contribution in [2.45, 2.75) is 12.7 Å². The summed E-state index contributed by atoms with van der Waals surface area (Å²) >= 11 is 0. The van der Waals surface area contributed by atoms with Gasteiger partial charge in [-0.1, -0.05) is 18.2 Å². The monoisotopic (exact) mass is 390 g/mol. The highest BCUT2D eigenvalue weighted by Gasteiger charge is 2.29. The molecule has 3 aromatic rings. The van der Waals surface area contributed by atoms with E-state index in [1.165, 1.54) is 30.6 Å². The average molecular weight is 390 g/mol. The molecule has 0 unspecified atom stereocenters. The number of carbonyl (C=O) groups is 1. The van der Waals surface area contributed by atoms with E-state index < -0.39 is 23.5 Å². The van der Waals surface area contributed by atoms with Crippen molar-refractivity contribution in [3.8, 4) is 0 Å². The number of halogens is 4. The standard InChI is InChI=1S/C19H14F4N4O/c20-15-4-2-1-3-12(15)9-26-18(28)16-10-25-17(11-24-16)27-14-7-5-13(6-8-14)19(21,22)23/h1-8,10-11H,9H2,(H,25,27)(H,26,28). The molecule has 0 bridgehead atoms. The van der Waals surface area contributed by atoms with Crippen LogP contribution in [0.2, 0.25) is 0 Å². The summed E-state index contributed by atoms with van der Waals surface area (Å²) in [5, 5.41) is 5.33. The van der Waals surface area contributed by atoms with Crippen LogP contribution in [0.1, 0.15) is 21.6 Å². The molecule has 0 saturated heterocycles. The Hall–Kier alpha value is -3.49. The smallest absolute Gasteiger partial charge is 0.346 e. The lowest BCUT2D eigenvalue weighted by Gasteiger charge is -2.09. The molecule has 0 spiro atoms. The number of rotatable bonds is 5. The Kier molecular flexibility index (Phi) is 5.53. The summed E-state index contributed by atoms with van der Waals surface area (Å²) in [5.74, 6) is -0.702. The van der Waals surface area contributed by atoms with E-state index in [0.717, 1.165) is 12.1 Å². The van der Waals surface area contributed by atoms with E-state index in [9.17, 15) is 22.4 Å². The van der Waals surface area contributed by atoms with Crippen LogP contribution in [0, 0.1) is 5.82 Å². The zero-order valence-electron chi connectivity index (χ0n) is 14.3. The van der Waals surface area contributed by atoms with Crippen LogP contribution < -0.4 is 10.6 Å². The Morgan fingerprint density at radius 2 is 1.68 bits per heavy atom. The summed E-state index contributed by atoms with van der Waals surface area (Å²) in [7, 11) is 0. The van der Waals surface area contributed by atoms with E-state index in [1.807, 2.05) is 0 Å². The molecule has 9 heteroatoms. The van der Waals surface area contributed by atoms with Gasteiger partial charge in [-0.2, -0.15) is 13.2 Å². The maximum Gasteiger partial charge on any atom is 0.416 e. The van der Waals surface area contributed by atoms with Crippen LogP contribution in [-0.4, -0.2) is 15.9 Å². The van der Waals surface area contributed by atoms with Gasteiger partial charge in [0.05, 0.1) is 18.0 Å². The SMILES string of the molecule is O=C(NCc1ccccc1F)c1cnc(Nc2ccc(C(F)(F)F)cc2)cn1. The Bertz CT molecular complexity index is 957. The molecule has 3 rings (SSSR count). The number of carbonyl (C=O) groups excluding carboxylic acids is 1. The van der Waals surface area contributed by atoms with Gasteiger partial charge in [-0.3, -0.25) is 4.79 Å². The Morgan fingerprint density at radius 3 is 2.29 bits per heavy atom. The van der Waals surface area contributed by atoms with E-state index in [1.54, 1.807) is 18.2 Å². The van der Waals surface area contributed by atoms with Gasteiger partial charge in [0.2, 0.25) is 0 Å². The van der Waals surface area contributed by atoms with Gasteiger partial charge in [0.25, 0.3) is 5.91 Å². The molecular formula is C19H14F4N4O. The van der Waals surface area contributed by atoms with E-state index in [-0.39, 0.29) is 18.1 Å². The fourth-order valence-electron chi connectivity index (χ4n) is 2.31. The molecule has 1 heterocycles. The van der Waals surface area contributed by atoms with Crippen molar-refractivity contribution in [2.75, 3.05) is 5.32 Å². The minimum atomic E-state index is -4.41. The predicted octanol–water partition coefficient (Wildman–Crippen LogP) is 4.31. The zero-order chi connectivity index (χ0) is 20.1. The summed E-state index contributed by atoms with van der Waals surface area (Å²) in [6, 6.07) is 10.5. The quantitative estimate of drug-likeness (QED) is 0.638. The van der Waals surface area contributed by atoms with Gasteiger partial charge in [-0.25, -0.2) is 14.4 Å². The topological polar surface area (TPSA) is 66.9 Å². The highest BCUT2D eigenvalue weighted by atomic mass is 19.4. The third-order valence-corrected chi connectivity index (χ3v) is 3.77. The Labute approximate surface area is 157 Å². The normalized spacial score (nSPS) is 11.1. The molecule has 1 aromatic heterocycles. The van der Waals surface area contributed by atoms with Crippen molar-refractivity contribution in [1.82, 2.24) is 15.3 Å². The van der Waals surface area contributed by atoms with Gasteiger partial charge in [-0.15, -0.1) is 0 Å². The molecule has 28 heavy (non-hydrogen) atoms. The minimum Gasteiger partial charge on any atom is -0.346 e. The van der Waals surface area contributed by atoms with Crippen molar-refractivity contribution in [2.24, 2.45) is 0 Å². The molecular weight excluding hydrogens is 376 g/mol. The first-order chi connectivity index (χ1) is 13.3. The van der Waals surface area contributed by atoms with E-state index in [0.29, 0.717) is 11.3 Å². The molecule has 2 aromatic carbocycles. The fraction of sp³-hybridized carbons (Fsp3) is 0.105. The second kappa shape index (κ2) is 8.03. The summed E-state index contributed by atoms with van der Waals surface area (Å²) in [5.41, 5.74) is -0.0104. The molecule has 0 fully saturated rings. The van der Waals surface area contributed by atoms with Crippen LogP contribution in [0.25, 0.3) is 0 Å². The van der Waals surface area contributed by atoms with Crippen LogP contribution in [0.3, 0.4) is 0 Å². The molecule has 0 aliphatic heterocycles. The van der Waals surface area contributed by atoms with Crippen LogP contribution in [0.5, 0.6) is 0 Å². The molecule has 0 saturated carbocycles. The summed E-state index contributed by atoms with van der Waals surface area (Å²) in [4.78, 5) is 20.0. The fourth-order valence-corrected chi connectivity index (χ4v) is 2.31. The lowest BCUT2D eigenvalue weighted by molar-refractivity contribution is -0.137. The highest BCUT2D eigenvalue weighted by Crippen LogP contribution is 2.30. The first-order valence-corrected chi connectivity index (χ1v) is 8.11. The predicted molar refractivity (Wildman–Crippen MR) is 94.3 cm³/mol. The van der Waals surface area contributed by atoms with Crippen molar-refractivity contribution in [1.29, 1.82) is 0 Å². The number of amides is 1. The van der Waals surface area contributed by atoms with Crippen LogP contribution >= 0.6 is 0 Å². The van der Waals surface area contributed by atoms with Crippen molar-refractivity contribution >= 4 is 17.4 Å². The van der Waals surface area contributed by atoms with E-state index in [2.05, 4.69) is 20.6 Å². The van der Waals surface area contributed by atoms with E-state index in [4.69, 9.17) is 0 Å². The molecule has 0 aliphatic rings. The third-order valence-electron chi connectivity index (χ3n) is 3.77. The molecule has 5 nitrogen and oxygen atoms in total. The number of anilines is 2. The van der Waals surface area contributed by atoms with Crippen LogP contribution in [0.15, 0.2) is 60.9 Å². The lowest BCUT2D eigenvalue weighted by atomic mass is 10.2. The average Bonchev–Trinajstić information content (AvgIpc) is 2.67. The second-order valence-electron chi connectivity index (χ2n) is 5.76. The number of nitrogens with zero attached hydrogens (tertiary/aromatic N) is 2. The third kappa shape index (κ3) is 4.81. The van der Waals surface area contributed by atoms with Gasteiger partial charge >= 0.3 is 6.18 Å². The minimum absolute atomic E-state index is 0.00125. The number of aromatic nitrogens is 2. The molecule has 144 valence electrons. The molecule has 2 N–H and O–H groups in total. The van der Waals surface area contributed by atoms with Crippen LogP contribution in [0.4, 0.5) is 29.1 Å². The highest BCUT2D eigenvalue weighted by molar-refractivity contribution is 5.92. The number of benzene rings is 2.